The fraction of sp³-hybridized carbons (Fsp3) is 0.500. The first-order valence-electron chi connectivity index (χ1n) is 5.77. The Labute approximate surface area is 110 Å². The van der Waals surface area contributed by atoms with Crippen molar-refractivity contribution in [3.8, 4) is 0 Å². The molecule has 6 heteroatoms. The van der Waals surface area contributed by atoms with Crippen LogP contribution in [0.4, 0.5) is 0 Å². The maximum absolute atomic E-state index is 11.9. The van der Waals surface area contributed by atoms with Crippen LogP contribution in [0.2, 0.25) is 0 Å². The number of carbonyl (C=O) groups excluding carboxylic acids is 2. The number of carbonyl (C=O) groups is 2. The highest BCUT2D eigenvalue weighted by atomic mass is 32.1. The molecular formula is C12H18N2O3S. The molecule has 0 aromatic carbocycles. The molecule has 0 spiro atoms. The zero-order valence-electron chi connectivity index (χ0n) is 10.5. The number of aliphatic hydroxyl groups excluding tert-OH is 1. The molecule has 0 saturated carbocycles. The van der Waals surface area contributed by atoms with Crippen LogP contribution in [0.3, 0.4) is 0 Å². The van der Waals surface area contributed by atoms with Crippen LogP contribution in [0.25, 0.3) is 0 Å². The summed E-state index contributed by atoms with van der Waals surface area (Å²) >= 11 is 1.35. The van der Waals surface area contributed by atoms with Crippen LogP contribution >= 0.6 is 11.3 Å². The topological polar surface area (TPSA) is 69.6 Å². The van der Waals surface area contributed by atoms with E-state index >= 15 is 0 Å². The number of hydrogen-bond donors (Lipinski definition) is 2. The van der Waals surface area contributed by atoms with Crippen LogP contribution in [0.5, 0.6) is 0 Å². The zero-order valence-corrected chi connectivity index (χ0v) is 11.4. The average molecular weight is 270 g/mol. The summed E-state index contributed by atoms with van der Waals surface area (Å²) in [6, 6.07) is 3.28. The highest BCUT2D eigenvalue weighted by Gasteiger charge is 2.17. The fourth-order valence-corrected chi connectivity index (χ4v) is 2.14. The number of thiophene rings is 1. The van der Waals surface area contributed by atoms with Gasteiger partial charge in [-0.25, -0.2) is 0 Å². The van der Waals surface area contributed by atoms with Gasteiger partial charge in [0.1, 0.15) is 0 Å². The molecule has 0 aliphatic heterocycles. The van der Waals surface area contributed by atoms with Gasteiger partial charge in [-0.05, 0) is 17.9 Å². The van der Waals surface area contributed by atoms with E-state index in [1.807, 2.05) is 12.3 Å². The van der Waals surface area contributed by atoms with Crippen molar-refractivity contribution in [1.29, 1.82) is 0 Å². The van der Waals surface area contributed by atoms with E-state index in [1.54, 1.807) is 19.2 Å². The van der Waals surface area contributed by atoms with E-state index < -0.39 is 0 Å². The molecule has 5 nitrogen and oxygen atoms in total. The Morgan fingerprint density at radius 1 is 1.56 bits per heavy atom. The lowest BCUT2D eigenvalue weighted by Crippen LogP contribution is -2.43. The van der Waals surface area contributed by atoms with E-state index in [0.29, 0.717) is 11.3 Å². The molecule has 1 aromatic heterocycles. The number of nitrogens with zero attached hydrogens (tertiary/aromatic N) is 1. The van der Waals surface area contributed by atoms with Crippen molar-refractivity contribution in [3.63, 3.8) is 0 Å². The second kappa shape index (κ2) is 7.13. The van der Waals surface area contributed by atoms with Crippen LogP contribution in [-0.4, -0.2) is 48.1 Å². The normalized spacial score (nSPS) is 11.9. The third-order valence-corrected chi connectivity index (χ3v) is 3.40. The molecule has 18 heavy (non-hydrogen) atoms. The van der Waals surface area contributed by atoms with E-state index in [2.05, 4.69) is 5.32 Å². The highest BCUT2D eigenvalue weighted by molar-refractivity contribution is 7.12. The number of rotatable bonds is 6. The van der Waals surface area contributed by atoms with Crippen molar-refractivity contribution >= 4 is 23.2 Å². The first-order chi connectivity index (χ1) is 8.58. The Kier molecular flexibility index (Phi) is 5.80. The number of amides is 2. The smallest absolute Gasteiger partial charge is 0.264 e. The van der Waals surface area contributed by atoms with Crippen molar-refractivity contribution in [2.45, 2.75) is 19.4 Å². The third kappa shape index (κ3) is 4.12. The lowest BCUT2D eigenvalue weighted by molar-refractivity contribution is -0.122. The first kappa shape index (κ1) is 14.7. The molecule has 0 unspecified atom stereocenters. The highest BCUT2D eigenvalue weighted by Crippen LogP contribution is 2.10. The molecule has 100 valence electrons. The van der Waals surface area contributed by atoms with Crippen molar-refractivity contribution in [2.24, 2.45) is 0 Å². The number of hydrogen-bond acceptors (Lipinski definition) is 4. The zero-order chi connectivity index (χ0) is 13.5. The van der Waals surface area contributed by atoms with Crippen molar-refractivity contribution < 1.29 is 14.7 Å². The van der Waals surface area contributed by atoms with E-state index in [1.165, 1.54) is 16.2 Å². The second-order valence-corrected chi connectivity index (χ2v) is 4.94. The van der Waals surface area contributed by atoms with Crippen LogP contribution in [0, 0.1) is 0 Å². The molecule has 0 fully saturated rings. The standard InChI is InChI=1S/C12H18N2O3S/c1-3-9(8-15)13-11(16)7-14(2)12(17)10-5-4-6-18-10/h4-6,9,15H,3,7-8H2,1-2H3,(H,13,16)/t9-/m0/s1. The minimum absolute atomic E-state index is 0.00671. The lowest BCUT2D eigenvalue weighted by atomic mass is 10.2. The van der Waals surface area contributed by atoms with Crippen LogP contribution < -0.4 is 5.32 Å². The largest absolute Gasteiger partial charge is 0.394 e. The summed E-state index contributed by atoms with van der Waals surface area (Å²) in [5, 5.41) is 13.5. The summed E-state index contributed by atoms with van der Waals surface area (Å²) in [6.07, 6.45) is 0.658. The van der Waals surface area contributed by atoms with Crippen molar-refractivity contribution in [2.75, 3.05) is 20.2 Å². The Morgan fingerprint density at radius 2 is 2.28 bits per heavy atom. The van der Waals surface area contributed by atoms with Gasteiger partial charge in [-0.1, -0.05) is 13.0 Å². The van der Waals surface area contributed by atoms with Crippen LogP contribution in [0.15, 0.2) is 17.5 Å². The monoisotopic (exact) mass is 270 g/mol. The van der Waals surface area contributed by atoms with Gasteiger partial charge in [0, 0.05) is 7.05 Å². The van der Waals surface area contributed by atoms with Crippen molar-refractivity contribution in [3.05, 3.63) is 22.4 Å². The van der Waals surface area contributed by atoms with E-state index in [9.17, 15) is 9.59 Å². The third-order valence-electron chi connectivity index (χ3n) is 2.54. The van der Waals surface area contributed by atoms with Crippen LogP contribution in [-0.2, 0) is 4.79 Å². The summed E-state index contributed by atoms with van der Waals surface area (Å²) in [7, 11) is 1.58. The van der Waals surface area contributed by atoms with Crippen LogP contribution in [0.1, 0.15) is 23.0 Å². The average Bonchev–Trinajstić information content (AvgIpc) is 2.88. The quantitative estimate of drug-likeness (QED) is 0.799. The van der Waals surface area contributed by atoms with Gasteiger partial charge in [-0.3, -0.25) is 9.59 Å². The van der Waals surface area contributed by atoms with E-state index in [-0.39, 0.29) is 31.0 Å². The molecular weight excluding hydrogens is 252 g/mol. The molecule has 2 amide bonds. The molecule has 1 atom stereocenters. The summed E-state index contributed by atoms with van der Waals surface area (Å²) in [6.45, 7) is 1.78. The Morgan fingerprint density at radius 3 is 2.78 bits per heavy atom. The van der Waals surface area contributed by atoms with E-state index in [4.69, 9.17) is 5.11 Å². The van der Waals surface area contributed by atoms with Gasteiger partial charge >= 0.3 is 0 Å². The predicted molar refractivity (Wildman–Crippen MR) is 70.6 cm³/mol. The Bertz CT molecular complexity index is 388. The molecule has 0 saturated heterocycles. The maximum Gasteiger partial charge on any atom is 0.264 e. The molecule has 0 aliphatic carbocycles. The number of likely N-dealkylation sites (N-methyl/N-ethyl adjacent to an activating group) is 1. The summed E-state index contributed by atoms with van der Waals surface area (Å²) in [5.41, 5.74) is 0. The van der Waals surface area contributed by atoms with Gasteiger partial charge in [0.2, 0.25) is 5.91 Å². The molecule has 1 rings (SSSR count). The Balaban J connectivity index is 2.47. The Hall–Kier alpha value is -1.40. The predicted octanol–water partition coefficient (Wildman–Crippen LogP) is 0.707. The molecule has 0 bridgehead atoms. The van der Waals surface area contributed by atoms with Gasteiger partial charge < -0.3 is 15.3 Å². The number of nitrogens with one attached hydrogen (secondary N) is 1. The fourth-order valence-electron chi connectivity index (χ4n) is 1.43. The summed E-state index contributed by atoms with van der Waals surface area (Å²) in [4.78, 5) is 25.5. The number of aliphatic hydroxyl groups is 1. The van der Waals surface area contributed by atoms with Gasteiger partial charge in [0.25, 0.3) is 5.91 Å². The second-order valence-electron chi connectivity index (χ2n) is 3.99. The molecule has 1 heterocycles. The lowest BCUT2D eigenvalue weighted by Gasteiger charge is -2.19. The molecule has 1 aromatic rings. The van der Waals surface area contributed by atoms with Gasteiger partial charge in [0.05, 0.1) is 24.1 Å². The molecule has 2 N–H and O–H groups in total. The van der Waals surface area contributed by atoms with Gasteiger partial charge in [0.15, 0.2) is 0 Å². The molecule has 0 radical (unpaired) electrons. The molecule has 0 aliphatic rings. The maximum atomic E-state index is 11.9. The van der Waals surface area contributed by atoms with Crippen molar-refractivity contribution in [1.82, 2.24) is 10.2 Å². The SMILES string of the molecule is CC[C@@H](CO)NC(=O)CN(C)C(=O)c1cccs1. The first-order valence-corrected chi connectivity index (χ1v) is 6.65. The van der Waals surface area contributed by atoms with Gasteiger partial charge in [-0.15, -0.1) is 11.3 Å². The van der Waals surface area contributed by atoms with Gasteiger partial charge in [-0.2, -0.15) is 0 Å². The van der Waals surface area contributed by atoms with E-state index in [0.717, 1.165) is 0 Å². The minimum atomic E-state index is -0.261. The minimum Gasteiger partial charge on any atom is -0.394 e. The summed E-state index contributed by atoms with van der Waals surface area (Å²) in [5.74, 6) is -0.430. The summed E-state index contributed by atoms with van der Waals surface area (Å²) < 4.78 is 0.